The minimum absolute atomic E-state index is 0.0974. The van der Waals surface area contributed by atoms with E-state index in [1.54, 1.807) is 0 Å². The monoisotopic (exact) mass is 300 g/mol. The summed E-state index contributed by atoms with van der Waals surface area (Å²) >= 11 is 1.52. The first-order chi connectivity index (χ1) is 10.2. The first-order valence-electron chi connectivity index (χ1n) is 7.56. The lowest BCUT2D eigenvalue weighted by atomic mass is 10.1. The van der Waals surface area contributed by atoms with Gasteiger partial charge in [-0.2, -0.15) is 4.99 Å². The highest BCUT2D eigenvalue weighted by Crippen LogP contribution is 2.31. The molecule has 2 heterocycles. The van der Waals surface area contributed by atoms with E-state index in [-0.39, 0.29) is 5.91 Å². The Labute approximate surface area is 130 Å². The van der Waals surface area contributed by atoms with Crippen LogP contribution in [-0.2, 0) is 4.79 Å². The minimum atomic E-state index is -0.0974. The van der Waals surface area contributed by atoms with Crippen molar-refractivity contribution in [3.05, 3.63) is 40.3 Å². The highest BCUT2D eigenvalue weighted by molar-refractivity contribution is 8.18. The highest BCUT2D eigenvalue weighted by Gasteiger charge is 2.26. The second-order valence-electron chi connectivity index (χ2n) is 5.62. The summed E-state index contributed by atoms with van der Waals surface area (Å²) in [6.07, 6.45) is 6.92. The number of rotatable bonds is 1. The van der Waals surface area contributed by atoms with Crippen LogP contribution in [0.3, 0.4) is 0 Å². The van der Waals surface area contributed by atoms with Crippen molar-refractivity contribution in [1.82, 2.24) is 4.90 Å². The normalized spacial score (nSPS) is 21.6. The van der Waals surface area contributed by atoms with Crippen molar-refractivity contribution in [3.63, 3.8) is 0 Å². The van der Waals surface area contributed by atoms with Crippen LogP contribution >= 0.6 is 11.8 Å². The van der Waals surface area contributed by atoms with Crippen LogP contribution in [-0.4, -0.2) is 29.1 Å². The fourth-order valence-electron chi connectivity index (χ4n) is 2.61. The Hall–Kier alpha value is -1.55. The number of amidine groups is 1. The number of hydrogen-bond donors (Lipinski definition) is 0. The average Bonchev–Trinajstić information content (AvgIpc) is 2.69. The third-order valence-corrected chi connectivity index (χ3v) is 4.91. The molecular formula is C17H20N2OS. The maximum absolute atomic E-state index is 12.1. The van der Waals surface area contributed by atoms with E-state index in [9.17, 15) is 4.79 Å². The SMILES string of the molecule is Cc1ccc(/C=C2/SC(N3CCCCCC3)=NC2=O)cc1. The van der Waals surface area contributed by atoms with Gasteiger partial charge >= 0.3 is 0 Å². The second kappa shape index (κ2) is 6.48. The molecule has 1 amide bonds. The van der Waals surface area contributed by atoms with Crippen molar-refractivity contribution < 1.29 is 4.79 Å². The van der Waals surface area contributed by atoms with Crippen LogP contribution in [0.4, 0.5) is 0 Å². The Morgan fingerprint density at radius 2 is 1.76 bits per heavy atom. The lowest BCUT2D eigenvalue weighted by Crippen LogP contribution is -2.28. The van der Waals surface area contributed by atoms with Crippen LogP contribution in [0.5, 0.6) is 0 Å². The molecule has 1 aromatic rings. The molecule has 1 fully saturated rings. The summed E-state index contributed by atoms with van der Waals surface area (Å²) in [4.78, 5) is 19.3. The predicted molar refractivity (Wildman–Crippen MR) is 89.2 cm³/mol. The largest absolute Gasteiger partial charge is 0.351 e. The van der Waals surface area contributed by atoms with Gasteiger partial charge in [0, 0.05) is 13.1 Å². The van der Waals surface area contributed by atoms with Gasteiger partial charge in [0.25, 0.3) is 5.91 Å². The molecule has 1 saturated heterocycles. The van der Waals surface area contributed by atoms with Crippen LogP contribution in [0.2, 0.25) is 0 Å². The predicted octanol–water partition coefficient (Wildman–Crippen LogP) is 3.84. The summed E-state index contributed by atoms with van der Waals surface area (Å²) in [6.45, 7) is 4.11. The first-order valence-corrected chi connectivity index (χ1v) is 8.38. The minimum Gasteiger partial charge on any atom is -0.351 e. The summed E-state index contributed by atoms with van der Waals surface area (Å²) in [5.41, 5.74) is 2.29. The van der Waals surface area contributed by atoms with Gasteiger partial charge in [-0.05, 0) is 43.2 Å². The number of hydrogen-bond acceptors (Lipinski definition) is 3. The summed E-state index contributed by atoms with van der Waals surface area (Å²) in [6, 6.07) is 8.21. The second-order valence-corrected chi connectivity index (χ2v) is 6.63. The van der Waals surface area contributed by atoms with Gasteiger partial charge in [-0.15, -0.1) is 0 Å². The summed E-state index contributed by atoms with van der Waals surface area (Å²) in [5, 5.41) is 0.889. The molecule has 0 unspecified atom stereocenters. The average molecular weight is 300 g/mol. The maximum Gasteiger partial charge on any atom is 0.286 e. The van der Waals surface area contributed by atoms with Gasteiger partial charge in [0.15, 0.2) is 5.17 Å². The van der Waals surface area contributed by atoms with Crippen molar-refractivity contribution in [1.29, 1.82) is 0 Å². The third-order valence-electron chi connectivity index (χ3n) is 3.86. The Kier molecular flexibility index (Phi) is 4.44. The van der Waals surface area contributed by atoms with Gasteiger partial charge < -0.3 is 4.90 Å². The van der Waals surface area contributed by atoms with Crippen LogP contribution in [0.1, 0.15) is 36.8 Å². The van der Waals surface area contributed by atoms with E-state index in [1.165, 1.54) is 43.0 Å². The van der Waals surface area contributed by atoms with Crippen LogP contribution < -0.4 is 0 Å². The quantitative estimate of drug-likeness (QED) is 0.739. The molecule has 0 aromatic heterocycles. The molecule has 4 heteroatoms. The Balaban J connectivity index is 1.73. The molecule has 1 aromatic carbocycles. The van der Waals surface area contributed by atoms with E-state index in [0.717, 1.165) is 28.7 Å². The van der Waals surface area contributed by atoms with E-state index in [2.05, 4.69) is 28.9 Å². The van der Waals surface area contributed by atoms with Crippen molar-refractivity contribution >= 4 is 28.9 Å². The van der Waals surface area contributed by atoms with E-state index in [1.807, 2.05) is 18.2 Å². The first kappa shape index (κ1) is 14.4. The number of aryl methyl sites for hydroxylation is 1. The topological polar surface area (TPSA) is 32.7 Å². The summed E-state index contributed by atoms with van der Waals surface area (Å²) in [5.74, 6) is -0.0974. The van der Waals surface area contributed by atoms with Crippen LogP contribution in [0.15, 0.2) is 34.2 Å². The standard InChI is InChI=1S/C17H20N2OS/c1-13-6-8-14(9-7-13)12-15-16(20)18-17(21-15)19-10-4-2-3-5-11-19/h6-9,12H,2-5,10-11H2,1H3/b15-12+. The molecule has 0 atom stereocenters. The number of amides is 1. The van der Waals surface area contributed by atoms with E-state index in [0.29, 0.717) is 0 Å². The zero-order chi connectivity index (χ0) is 14.7. The molecule has 0 aliphatic carbocycles. The van der Waals surface area contributed by atoms with Crippen molar-refractivity contribution in [2.75, 3.05) is 13.1 Å². The molecule has 3 nitrogen and oxygen atoms in total. The van der Waals surface area contributed by atoms with Gasteiger partial charge in [0.2, 0.25) is 0 Å². The molecular weight excluding hydrogens is 280 g/mol. The van der Waals surface area contributed by atoms with Crippen molar-refractivity contribution in [2.24, 2.45) is 4.99 Å². The van der Waals surface area contributed by atoms with Gasteiger partial charge in [0.1, 0.15) is 0 Å². The van der Waals surface area contributed by atoms with Crippen LogP contribution in [0.25, 0.3) is 6.08 Å². The molecule has 0 radical (unpaired) electrons. The van der Waals surface area contributed by atoms with Gasteiger partial charge in [0.05, 0.1) is 4.91 Å². The number of thioether (sulfide) groups is 1. The summed E-state index contributed by atoms with van der Waals surface area (Å²) < 4.78 is 0. The van der Waals surface area contributed by atoms with Gasteiger partial charge in [-0.25, -0.2) is 0 Å². The van der Waals surface area contributed by atoms with Gasteiger partial charge in [-0.3, -0.25) is 4.79 Å². The molecule has 110 valence electrons. The Bertz CT molecular complexity index is 581. The van der Waals surface area contributed by atoms with Crippen molar-refractivity contribution in [2.45, 2.75) is 32.6 Å². The fourth-order valence-corrected chi connectivity index (χ4v) is 3.57. The smallest absolute Gasteiger partial charge is 0.286 e. The zero-order valence-electron chi connectivity index (χ0n) is 12.3. The number of nitrogens with zero attached hydrogens (tertiary/aromatic N) is 2. The fraction of sp³-hybridized carbons (Fsp3) is 0.412. The zero-order valence-corrected chi connectivity index (χ0v) is 13.2. The lowest BCUT2D eigenvalue weighted by molar-refractivity contribution is -0.113. The van der Waals surface area contributed by atoms with Gasteiger partial charge in [-0.1, -0.05) is 42.7 Å². The molecule has 3 rings (SSSR count). The Morgan fingerprint density at radius 3 is 2.43 bits per heavy atom. The molecule has 2 aliphatic heterocycles. The van der Waals surface area contributed by atoms with E-state index >= 15 is 0 Å². The number of carbonyl (C=O) groups excluding carboxylic acids is 1. The number of aliphatic imine (C=N–C) groups is 1. The third kappa shape index (κ3) is 3.56. The Morgan fingerprint density at radius 1 is 1.10 bits per heavy atom. The molecule has 0 N–H and O–H groups in total. The molecule has 0 spiro atoms. The van der Waals surface area contributed by atoms with Crippen molar-refractivity contribution in [3.8, 4) is 0 Å². The number of benzene rings is 1. The molecule has 2 aliphatic rings. The van der Waals surface area contributed by atoms with E-state index < -0.39 is 0 Å². The molecule has 0 bridgehead atoms. The number of likely N-dealkylation sites (tertiary alicyclic amines) is 1. The van der Waals surface area contributed by atoms with Crippen LogP contribution in [0, 0.1) is 6.92 Å². The maximum atomic E-state index is 12.1. The highest BCUT2D eigenvalue weighted by atomic mass is 32.2. The molecule has 0 saturated carbocycles. The summed E-state index contributed by atoms with van der Waals surface area (Å²) in [7, 11) is 0. The molecule has 21 heavy (non-hydrogen) atoms. The lowest BCUT2D eigenvalue weighted by Gasteiger charge is -2.20. The number of carbonyl (C=O) groups is 1. The van der Waals surface area contributed by atoms with E-state index in [4.69, 9.17) is 0 Å².